The van der Waals surface area contributed by atoms with Crippen molar-refractivity contribution in [3.63, 3.8) is 0 Å². The number of carboxylic acids is 1. The van der Waals surface area contributed by atoms with Gasteiger partial charge in [-0.15, -0.1) is 0 Å². The molecule has 1 saturated heterocycles. The van der Waals surface area contributed by atoms with Crippen LogP contribution in [0.2, 0.25) is 0 Å². The van der Waals surface area contributed by atoms with E-state index in [0.29, 0.717) is 24.4 Å². The third-order valence-electron chi connectivity index (χ3n) is 4.42. The largest absolute Gasteiger partial charge is 0.481 e. The first kappa shape index (κ1) is 13.9. The number of aryl methyl sites for hydroxylation is 1. The molecule has 3 heterocycles. The van der Waals surface area contributed by atoms with Crippen LogP contribution in [-0.2, 0) is 11.2 Å². The van der Waals surface area contributed by atoms with Crippen molar-refractivity contribution in [1.82, 2.24) is 9.88 Å². The van der Waals surface area contributed by atoms with Crippen molar-refractivity contribution in [2.24, 2.45) is 5.92 Å². The number of aliphatic carboxylic acids is 1. The number of methoxy groups -OCH3 is 1. The summed E-state index contributed by atoms with van der Waals surface area (Å²) < 4.78 is 5.11. The van der Waals surface area contributed by atoms with Gasteiger partial charge in [-0.05, 0) is 31.7 Å². The topological polar surface area (TPSA) is 79.7 Å². The molecule has 2 aliphatic rings. The van der Waals surface area contributed by atoms with Crippen LogP contribution in [-0.4, -0.2) is 46.6 Å². The minimum atomic E-state index is -0.821. The van der Waals surface area contributed by atoms with Crippen LogP contribution < -0.4 is 4.74 Å². The molecule has 0 spiro atoms. The van der Waals surface area contributed by atoms with Crippen LogP contribution in [0.5, 0.6) is 5.88 Å². The van der Waals surface area contributed by atoms with E-state index in [2.05, 4.69) is 4.98 Å². The summed E-state index contributed by atoms with van der Waals surface area (Å²) >= 11 is 0. The molecule has 1 amide bonds. The summed E-state index contributed by atoms with van der Waals surface area (Å²) in [5.74, 6) is -0.880. The van der Waals surface area contributed by atoms with E-state index >= 15 is 0 Å². The summed E-state index contributed by atoms with van der Waals surface area (Å²) in [5, 5.41) is 9.18. The van der Waals surface area contributed by atoms with Gasteiger partial charge in [0.15, 0.2) is 0 Å². The van der Waals surface area contributed by atoms with Gasteiger partial charge in [-0.2, -0.15) is 0 Å². The zero-order chi connectivity index (χ0) is 15.0. The fraction of sp³-hybridized carbons (Fsp3) is 0.533. The highest BCUT2D eigenvalue weighted by Gasteiger charge is 2.37. The average Bonchev–Trinajstić information content (AvgIpc) is 2.64. The molecule has 1 aromatic rings. The molecule has 0 saturated carbocycles. The normalized spacial score (nSPS) is 24.8. The van der Waals surface area contributed by atoms with Crippen LogP contribution in [0.3, 0.4) is 0 Å². The van der Waals surface area contributed by atoms with E-state index in [0.717, 1.165) is 25.0 Å². The lowest BCUT2D eigenvalue weighted by Crippen LogP contribution is -2.47. The fourth-order valence-corrected chi connectivity index (χ4v) is 3.22. The Labute approximate surface area is 122 Å². The number of aromatic nitrogens is 1. The summed E-state index contributed by atoms with van der Waals surface area (Å²) in [6.07, 6.45) is 2.92. The van der Waals surface area contributed by atoms with Crippen LogP contribution in [0.15, 0.2) is 12.1 Å². The molecular weight excluding hydrogens is 272 g/mol. The van der Waals surface area contributed by atoms with Gasteiger partial charge in [0.1, 0.15) is 0 Å². The van der Waals surface area contributed by atoms with E-state index < -0.39 is 11.9 Å². The molecule has 6 heteroatoms. The van der Waals surface area contributed by atoms with Gasteiger partial charge in [-0.3, -0.25) is 9.59 Å². The number of carboxylic acid groups (broad SMARTS) is 1. The third kappa shape index (κ3) is 2.46. The number of ether oxygens (including phenoxy) is 1. The van der Waals surface area contributed by atoms with E-state index in [1.54, 1.807) is 24.1 Å². The number of rotatable bonds is 2. The van der Waals surface area contributed by atoms with Crippen LogP contribution in [0.4, 0.5) is 0 Å². The predicted octanol–water partition coefficient (Wildman–Crippen LogP) is 1.34. The second-order valence-electron chi connectivity index (χ2n) is 5.61. The zero-order valence-electron chi connectivity index (χ0n) is 11.9. The Morgan fingerprint density at radius 2 is 2.19 bits per heavy atom. The molecule has 0 bridgehead atoms. The van der Waals surface area contributed by atoms with Crippen LogP contribution >= 0.6 is 0 Å². The molecule has 21 heavy (non-hydrogen) atoms. The van der Waals surface area contributed by atoms with Gasteiger partial charge in [0.05, 0.1) is 24.3 Å². The maximum Gasteiger partial charge on any atom is 0.308 e. The van der Waals surface area contributed by atoms with Gasteiger partial charge < -0.3 is 14.7 Å². The van der Waals surface area contributed by atoms with Crippen LogP contribution in [0.1, 0.15) is 35.3 Å². The molecular formula is C15H18N2O4. The van der Waals surface area contributed by atoms with Crippen molar-refractivity contribution in [3.8, 4) is 5.88 Å². The van der Waals surface area contributed by atoms with E-state index in [-0.39, 0.29) is 11.9 Å². The van der Waals surface area contributed by atoms with Crippen molar-refractivity contribution in [3.05, 3.63) is 23.4 Å². The Morgan fingerprint density at radius 3 is 2.90 bits per heavy atom. The first-order chi connectivity index (χ1) is 10.1. The highest BCUT2D eigenvalue weighted by atomic mass is 16.5. The van der Waals surface area contributed by atoms with Gasteiger partial charge in [-0.1, -0.05) is 0 Å². The number of amides is 1. The molecule has 0 aliphatic carbocycles. The quantitative estimate of drug-likeness (QED) is 0.889. The van der Waals surface area contributed by atoms with Crippen molar-refractivity contribution in [2.45, 2.75) is 31.7 Å². The monoisotopic (exact) mass is 290 g/mol. The highest BCUT2D eigenvalue weighted by Crippen LogP contribution is 2.31. The number of piperidine rings is 1. The van der Waals surface area contributed by atoms with Gasteiger partial charge in [0.2, 0.25) is 5.88 Å². The molecule has 1 fully saturated rings. The Kier molecular flexibility index (Phi) is 3.53. The average molecular weight is 290 g/mol. The number of carbonyl (C=O) groups excluding carboxylic acids is 1. The predicted molar refractivity (Wildman–Crippen MR) is 74.3 cm³/mol. The van der Waals surface area contributed by atoms with Gasteiger partial charge in [0.25, 0.3) is 5.91 Å². The summed E-state index contributed by atoms with van der Waals surface area (Å²) in [7, 11) is 1.55. The summed E-state index contributed by atoms with van der Waals surface area (Å²) in [5.41, 5.74) is 1.32. The van der Waals surface area contributed by atoms with Crippen molar-refractivity contribution in [1.29, 1.82) is 0 Å². The Bertz CT molecular complexity index is 587. The standard InChI is InChI=1S/C15H18N2O4/c1-21-13-7-5-11-12(16-13)6-4-10-3-2-9(15(19)20)8-17(10)14(11)18/h5,7,9-10H,2-4,6,8H2,1H3,(H,19,20). The SMILES string of the molecule is COc1ccc2c(n1)CCC1CCC(C(=O)O)CN1C2=O. The van der Waals surface area contributed by atoms with Crippen molar-refractivity contribution < 1.29 is 19.4 Å². The third-order valence-corrected chi connectivity index (χ3v) is 4.42. The Morgan fingerprint density at radius 1 is 1.38 bits per heavy atom. The van der Waals surface area contributed by atoms with Crippen LogP contribution in [0, 0.1) is 5.92 Å². The maximum atomic E-state index is 12.7. The molecule has 1 N–H and O–H groups in total. The van der Waals surface area contributed by atoms with E-state index in [1.807, 2.05) is 0 Å². The maximum absolute atomic E-state index is 12.7. The second kappa shape index (κ2) is 5.35. The lowest BCUT2D eigenvalue weighted by Gasteiger charge is -2.37. The molecule has 0 aromatic carbocycles. The van der Waals surface area contributed by atoms with Gasteiger partial charge in [0, 0.05) is 18.7 Å². The van der Waals surface area contributed by atoms with Crippen molar-refractivity contribution >= 4 is 11.9 Å². The lowest BCUT2D eigenvalue weighted by molar-refractivity contribution is -0.143. The van der Waals surface area contributed by atoms with Crippen molar-refractivity contribution in [2.75, 3.05) is 13.7 Å². The number of nitrogens with zero attached hydrogens (tertiary/aromatic N) is 2. The van der Waals surface area contributed by atoms with Gasteiger partial charge >= 0.3 is 5.97 Å². The molecule has 3 rings (SSSR count). The Hall–Kier alpha value is -2.11. The molecule has 2 aliphatic heterocycles. The number of fused-ring (bicyclic) bond motifs is 2. The minimum absolute atomic E-state index is 0.103. The number of hydrogen-bond donors (Lipinski definition) is 1. The molecule has 1 aromatic heterocycles. The molecule has 6 nitrogen and oxygen atoms in total. The van der Waals surface area contributed by atoms with Crippen LogP contribution in [0.25, 0.3) is 0 Å². The first-order valence-corrected chi connectivity index (χ1v) is 7.18. The summed E-state index contributed by atoms with van der Waals surface area (Å²) in [6, 6.07) is 3.53. The second-order valence-corrected chi connectivity index (χ2v) is 5.61. The number of carbonyl (C=O) groups is 2. The zero-order valence-corrected chi connectivity index (χ0v) is 11.9. The van der Waals surface area contributed by atoms with Gasteiger partial charge in [-0.25, -0.2) is 4.98 Å². The van der Waals surface area contributed by atoms with E-state index in [1.165, 1.54) is 0 Å². The highest BCUT2D eigenvalue weighted by molar-refractivity contribution is 5.96. The van der Waals surface area contributed by atoms with E-state index in [9.17, 15) is 14.7 Å². The number of pyridine rings is 1. The molecule has 2 atom stereocenters. The smallest absolute Gasteiger partial charge is 0.308 e. The first-order valence-electron chi connectivity index (χ1n) is 7.18. The number of hydrogen-bond acceptors (Lipinski definition) is 4. The lowest BCUT2D eigenvalue weighted by atomic mass is 9.91. The molecule has 2 unspecified atom stereocenters. The molecule has 0 radical (unpaired) electrons. The minimum Gasteiger partial charge on any atom is -0.481 e. The fourth-order valence-electron chi connectivity index (χ4n) is 3.22. The summed E-state index contributed by atoms with van der Waals surface area (Å²) in [4.78, 5) is 30.0. The molecule has 112 valence electrons. The summed E-state index contributed by atoms with van der Waals surface area (Å²) in [6.45, 7) is 0.296. The van der Waals surface area contributed by atoms with E-state index in [4.69, 9.17) is 4.74 Å². The Balaban J connectivity index is 1.92.